The van der Waals surface area contributed by atoms with Crippen LogP contribution in [-0.2, 0) is 4.79 Å². The lowest BCUT2D eigenvalue weighted by Gasteiger charge is -2.32. The van der Waals surface area contributed by atoms with Crippen molar-refractivity contribution < 1.29 is 4.79 Å². The van der Waals surface area contributed by atoms with Gasteiger partial charge in [0.05, 0.1) is 0 Å². The Hall–Kier alpha value is -0.570. The van der Waals surface area contributed by atoms with E-state index in [2.05, 4.69) is 19.2 Å². The van der Waals surface area contributed by atoms with Crippen LogP contribution in [0.3, 0.4) is 0 Å². The average Bonchev–Trinajstić information content (AvgIpc) is 2.37. The molecular weight excluding hydrogens is 248 g/mol. The van der Waals surface area contributed by atoms with Crippen molar-refractivity contribution in [3.05, 3.63) is 0 Å². The third kappa shape index (κ3) is 5.08. The molecular formula is C17H32N2O. The Kier molecular flexibility index (Phi) is 5.88. The maximum absolute atomic E-state index is 12.1. The van der Waals surface area contributed by atoms with Gasteiger partial charge in [-0.1, -0.05) is 13.8 Å². The standard InChI is InChI=1S/C17H32N2O/c1-12-9-13(2)11-16(10-12)19-17(20)8-5-14-3-6-15(18)7-4-14/h12-16H,3-11,18H2,1-2H3,(H,19,20). The first-order valence-corrected chi connectivity index (χ1v) is 8.58. The van der Waals surface area contributed by atoms with Gasteiger partial charge in [0.2, 0.25) is 5.91 Å². The van der Waals surface area contributed by atoms with Gasteiger partial charge in [0.15, 0.2) is 0 Å². The summed E-state index contributed by atoms with van der Waals surface area (Å²) in [4.78, 5) is 12.1. The van der Waals surface area contributed by atoms with Gasteiger partial charge in [-0.25, -0.2) is 0 Å². The summed E-state index contributed by atoms with van der Waals surface area (Å²) in [5.74, 6) is 2.50. The summed E-state index contributed by atoms with van der Waals surface area (Å²) < 4.78 is 0. The molecule has 1 amide bonds. The smallest absolute Gasteiger partial charge is 0.220 e. The van der Waals surface area contributed by atoms with Gasteiger partial charge >= 0.3 is 0 Å². The van der Waals surface area contributed by atoms with Crippen LogP contribution in [0.2, 0.25) is 0 Å². The molecule has 0 aliphatic heterocycles. The van der Waals surface area contributed by atoms with Crippen LogP contribution in [-0.4, -0.2) is 18.0 Å². The zero-order valence-electron chi connectivity index (χ0n) is 13.2. The van der Waals surface area contributed by atoms with E-state index >= 15 is 0 Å². The first-order valence-electron chi connectivity index (χ1n) is 8.58. The van der Waals surface area contributed by atoms with Gasteiger partial charge in [-0.2, -0.15) is 0 Å². The molecule has 2 aliphatic rings. The summed E-state index contributed by atoms with van der Waals surface area (Å²) in [6.07, 6.45) is 10.1. The molecule has 3 N–H and O–H groups in total. The van der Waals surface area contributed by atoms with Crippen molar-refractivity contribution in [3.63, 3.8) is 0 Å². The SMILES string of the molecule is CC1CC(C)CC(NC(=O)CCC2CCC(N)CC2)C1. The van der Waals surface area contributed by atoms with E-state index in [1.165, 1.54) is 19.3 Å². The lowest BCUT2D eigenvalue weighted by molar-refractivity contribution is -0.122. The van der Waals surface area contributed by atoms with E-state index < -0.39 is 0 Å². The normalized spacial score (nSPS) is 38.5. The fourth-order valence-corrected chi connectivity index (χ4v) is 4.18. The molecule has 0 saturated heterocycles. The Bertz CT molecular complexity index is 300. The molecule has 2 aliphatic carbocycles. The number of carbonyl (C=O) groups is 1. The molecule has 2 fully saturated rings. The molecule has 2 atom stereocenters. The van der Waals surface area contributed by atoms with Crippen molar-refractivity contribution in [2.75, 3.05) is 0 Å². The van der Waals surface area contributed by atoms with Crippen LogP contribution in [0.4, 0.5) is 0 Å². The number of rotatable bonds is 4. The Labute approximate surface area is 124 Å². The minimum absolute atomic E-state index is 0.270. The lowest BCUT2D eigenvalue weighted by atomic mass is 9.80. The molecule has 2 rings (SSSR count). The van der Waals surface area contributed by atoms with Gasteiger partial charge in [0.1, 0.15) is 0 Å². The Balaban J connectivity index is 1.65. The molecule has 20 heavy (non-hydrogen) atoms. The second-order valence-corrected chi connectivity index (χ2v) is 7.50. The highest BCUT2D eigenvalue weighted by molar-refractivity contribution is 5.76. The van der Waals surface area contributed by atoms with Crippen molar-refractivity contribution in [2.45, 2.75) is 83.7 Å². The van der Waals surface area contributed by atoms with E-state index in [1.54, 1.807) is 0 Å². The topological polar surface area (TPSA) is 55.1 Å². The minimum atomic E-state index is 0.270. The second-order valence-electron chi connectivity index (χ2n) is 7.50. The van der Waals surface area contributed by atoms with Gasteiger partial charge in [0, 0.05) is 18.5 Å². The first kappa shape index (κ1) is 15.8. The first-order chi connectivity index (χ1) is 9.52. The van der Waals surface area contributed by atoms with Gasteiger partial charge in [-0.05, 0) is 69.1 Å². The number of hydrogen-bond acceptors (Lipinski definition) is 2. The summed E-state index contributed by atoms with van der Waals surface area (Å²) >= 11 is 0. The summed E-state index contributed by atoms with van der Waals surface area (Å²) in [5, 5.41) is 3.26. The molecule has 116 valence electrons. The van der Waals surface area contributed by atoms with Crippen molar-refractivity contribution in [2.24, 2.45) is 23.5 Å². The predicted octanol–water partition coefficient (Wildman–Crippen LogP) is 3.23. The van der Waals surface area contributed by atoms with E-state index in [1.807, 2.05) is 0 Å². The summed E-state index contributed by atoms with van der Waals surface area (Å²) in [5.41, 5.74) is 5.92. The van der Waals surface area contributed by atoms with E-state index in [0.29, 0.717) is 18.5 Å². The van der Waals surface area contributed by atoms with Crippen molar-refractivity contribution in [1.29, 1.82) is 0 Å². The van der Waals surface area contributed by atoms with Crippen LogP contribution in [0, 0.1) is 17.8 Å². The molecule has 2 saturated carbocycles. The van der Waals surface area contributed by atoms with Crippen molar-refractivity contribution >= 4 is 5.91 Å². The van der Waals surface area contributed by atoms with Crippen LogP contribution in [0.25, 0.3) is 0 Å². The van der Waals surface area contributed by atoms with Gasteiger partial charge in [-0.3, -0.25) is 4.79 Å². The van der Waals surface area contributed by atoms with Gasteiger partial charge in [-0.15, -0.1) is 0 Å². The molecule has 0 aromatic carbocycles. The maximum atomic E-state index is 12.1. The van der Waals surface area contributed by atoms with Crippen LogP contribution in [0.1, 0.15) is 71.6 Å². The van der Waals surface area contributed by atoms with Gasteiger partial charge < -0.3 is 11.1 Å². The van der Waals surface area contributed by atoms with E-state index in [9.17, 15) is 4.79 Å². The number of amides is 1. The van der Waals surface area contributed by atoms with Crippen LogP contribution in [0.15, 0.2) is 0 Å². The fourth-order valence-electron chi connectivity index (χ4n) is 4.18. The lowest BCUT2D eigenvalue weighted by Crippen LogP contribution is -2.40. The zero-order chi connectivity index (χ0) is 14.5. The largest absolute Gasteiger partial charge is 0.353 e. The predicted molar refractivity (Wildman–Crippen MR) is 83.3 cm³/mol. The molecule has 0 aromatic rings. The molecule has 3 heteroatoms. The van der Waals surface area contributed by atoms with Gasteiger partial charge in [0.25, 0.3) is 0 Å². The highest BCUT2D eigenvalue weighted by Crippen LogP contribution is 2.29. The third-order valence-electron chi connectivity index (χ3n) is 5.21. The molecule has 3 nitrogen and oxygen atoms in total. The van der Waals surface area contributed by atoms with Crippen molar-refractivity contribution in [3.8, 4) is 0 Å². The minimum Gasteiger partial charge on any atom is -0.353 e. The van der Waals surface area contributed by atoms with Crippen molar-refractivity contribution in [1.82, 2.24) is 5.32 Å². The average molecular weight is 280 g/mol. The zero-order valence-corrected chi connectivity index (χ0v) is 13.2. The van der Waals surface area contributed by atoms with E-state index in [-0.39, 0.29) is 5.91 Å². The monoisotopic (exact) mass is 280 g/mol. The van der Waals surface area contributed by atoms with Crippen LogP contribution >= 0.6 is 0 Å². The molecule has 0 spiro atoms. The summed E-state index contributed by atoms with van der Waals surface area (Å²) in [6, 6.07) is 0.825. The Morgan fingerprint density at radius 3 is 2.25 bits per heavy atom. The number of carbonyl (C=O) groups excluding carboxylic acids is 1. The molecule has 0 radical (unpaired) electrons. The summed E-state index contributed by atoms with van der Waals surface area (Å²) in [6.45, 7) is 4.61. The van der Waals surface area contributed by atoms with E-state index in [0.717, 1.165) is 49.9 Å². The van der Waals surface area contributed by atoms with Crippen LogP contribution in [0.5, 0.6) is 0 Å². The quantitative estimate of drug-likeness (QED) is 0.830. The fraction of sp³-hybridized carbons (Fsp3) is 0.941. The maximum Gasteiger partial charge on any atom is 0.220 e. The number of nitrogens with one attached hydrogen (secondary N) is 1. The number of hydrogen-bond donors (Lipinski definition) is 2. The molecule has 0 heterocycles. The third-order valence-corrected chi connectivity index (χ3v) is 5.21. The van der Waals surface area contributed by atoms with E-state index in [4.69, 9.17) is 5.73 Å². The molecule has 2 unspecified atom stereocenters. The Morgan fingerprint density at radius 1 is 1.05 bits per heavy atom. The highest BCUT2D eigenvalue weighted by atomic mass is 16.1. The summed E-state index contributed by atoms with van der Waals surface area (Å²) in [7, 11) is 0. The number of nitrogens with two attached hydrogens (primary N) is 1. The Morgan fingerprint density at radius 2 is 1.65 bits per heavy atom. The molecule has 0 bridgehead atoms. The second kappa shape index (κ2) is 7.44. The highest BCUT2D eigenvalue weighted by Gasteiger charge is 2.25. The molecule has 0 aromatic heterocycles. The van der Waals surface area contributed by atoms with Crippen LogP contribution < -0.4 is 11.1 Å².